The quantitative estimate of drug-likeness (QED) is 0.789. The summed E-state index contributed by atoms with van der Waals surface area (Å²) < 4.78 is 5.25. The minimum Gasteiger partial charge on any atom is -0.494 e. The molecule has 2 rings (SSSR count). The summed E-state index contributed by atoms with van der Waals surface area (Å²) in [5, 5.41) is 2.92. The summed E-state index contributed by atoms with van der Waals surface area (Å²) in [6.45, 7) is 4.11. The second-order valence-corrected chi connectivity index (χ2v) is 5.87. The van der Waals surface area contributed by atoms with E-state index >= 15 is 0 Å². The van der Waals surface area contributed by atoms with Crippen LogP contribution in [0.3, 0.4) is 0 Å². The lowest BCUT2D eigenvalue weighted by Gasteiger charge is -2.30. The molecule has 5 heteroatoms. The van der Waals surface area contributed by atoms with Crippen LogP contribution in [0.2, 0.25) is 0 Å². The van der Waals surface area contributed by atoms with Crippen LogP contribution in [0, 0.1) is 5.92 Å². The van der Waals surface area contributed by atoms with Crippen LogP contribution in [0.15, 0.2) is 18.2 Å². The van der Waals surface area contributed by atoms with Crippen LogP contribution in [0.1, 0.15) is 26.7 Å². The van der Waals surface area contributed by atoms with E-state index in [1.807, 2.05) is 14.0 Å². The van der Waals surface area contributed by atoms with Crippen LogP contribution in [0.5, 0.6) is 5.75 Å². The number of nitrogens with two attached hydrogens (primary N) is 1. The molecule has 1 aliphatic rings. The van der Waals surface area contributed by atoms with Crippen molar-refractivity contribution < 1.29 is 9.53 Å². The van der Waals surface area contributed by atoms with Gasteiger partial charge >= 0.3 is 0 Å². The number of hydrogen-bond donors (Lipinski definition) is 2. The summed E-state index contributed by atoms with van der Waals surface area (Å²) in [7, 11) is 3.57. The van der Waals surface area contributed by atoms with Crippen LogP contribution in [0.4, 0.5) is 11.4 Å². The number of rotatable bonds is 6. The molecule has 0 bridgehead atoms. The molecule has 21 heavy (non-hydrogen) atoms. The third kappa shape index (κ3) is 3.67. The summed E-state index contributed by atoms with van der Waals surface area (Å²) in [5.41, 5.74) is 6.98. The van der Waals surface area contributed by atoms with Gasteiger partial charge in [-0.3, -0.25) is 9.69 Å². The van der Waals surface area contributed by atoms with Crippen molar-refractivity contribution in [2.24, 2.45) is 5.92 Å². The van der Waals surface area contributed by atoms with Gasteiger partial charge in [0.25, 0.3) is 0 Å². The first-order valence-corrected chi connectivity index (χ1v) is 7.40. The van der Waals surface area contributed by atoms with Gasteiger partial charge in [-0.25, -0.2) is 0 Å². The average molecular weight is 291 g/mol. The standard InChI is InChI=1S/C16H25N3O2/c1-10(12-5-6-12)19(3)11(2)16(20)18-14-8-7-13(17)9-15(14)21-4/h7-12H,5-6,17H2,1-4H3,(H,18,20). The molecular formula is C16H25N3O2. The van der Waals surface area contributed by atoms with Crippen molar-refractivity contribution in [3.05, 3.63) is 18.2 Å². The van der Waals surface area contributed by atoms with Gasteiger partial charge in [-0.2, -0.15) is 0 Å². The number of nitrogens with one attached hydrogen (secondary N) is 1. The molecule has 1 aliphatic carbocycles. The third-order valence-corrected chi connectivity index (χ3v) is 4.42. The number of carbonyl (C=O) groups excluding carboxylic acids is 1. The van der Waals surface area contributed by atoms with Gasteiger partial charge in [0.15, 0.2) is 0 Å². The number of amides is 1. The lowest BCUT2D eigenvalue weighted by atomic mass is 10.1. The molecule has 0 radical (unpaired) electrons. The van der Waals surface area contributed by atoms with E-state index in [9.17, 15) is 4.79 Å². The van der Waals surface area contributed by atoms with E-state index in [-0.39, 0.29) is 11.9 Å². The lowest BCUT2D eigenvalue weighted by molar-refractivity contribution is -0.121. The first-order chi connectivity index (χ1) is 9.93. The van der Waals surface area contributed by atoms with Crippen LogP contribution in [0.25, 0.3) is 0 Å². The molecule has 2 unspecified atom stereocenters. The largest absolute Gasteiger partial charge is 0.494 e. The fourth-order valence-corrected chi connectivity index (χ4v) is 2.50. The van der Waals surface area contributed by atoms with Crippen LogP contribution in [-0.2, 0) is 4.79 Å². The Morgan fingerprint density at radius 3 is 2.67 bits per heavy atom. The van der Waals surface area contributed by atoms with E-state index < -0.39 is 0 Å². The SMILES string of the molecule is COc1cc(N)ccc1NC(=O)C(C)N(C)C(C)C1CC1. The molecule has 5 nitrogen and oxygen atoms in total. The maximum absolute atomic E-state index is 12.4. The number of likely N-dealkylation sites (N-methyl/N-ethyl adjacent to an activating group) is 1. The van der Waals surface area contributed by atoms with Crippen molar-refractivity contribution in [2.45, 2.75) is 38.8 Å². The number of hydrogen-bond acceptors (Lipinski definition) is 4. The Balaban J connectivity index is 2.03. The van der Waals surface area contributed by atoms with Crippen LogP contribution in [-0.4, -0.2) is 37.0 Å². The fourth-order valence-electron chi connectivity index (χ4n) is 2.50. The summed E-state index contributed by atoms with van der Waals surface area (Å²) in [6, 6.07) is 5.46. The van der Waals surface area contributed by atoms with Crippen LogP contribution < -0.4 is 15.8 Å². The average Bonchev–Trinajstić information content (AvgIpc) is 3.31. The van der Waals surface area contributed by atoms with E-state index in [0.29, 0.717) is 23.2 Å². The van der Waals surface area contributed by atoms with Gasteiger partial charge in [-0.05, 0) is 51.8 Å². The van der Waals surface area contributed by atoms with Crippen LogP contribution >= 0.6 is 0 Å². The van der Waals surface area contributed by atoms with Crippen molar-refractivity contribution in [2.75, 3.05) is 25.2 Å². The molecule has 1 aromatic rings. The number of benzene rings is 1. The number of nitrogen functional groups attached to an aromatic ring is 1. The highest BCUT2D eigenvalue weighted by Gasteiger charge is 2.33. The molecule has 3 N–H and O–H groups in total. The van der Waals surface area contributed by atoms with Crippen molar-refractivity contribution in [1.82, 2.24) is 4.90 Å². The maximum Gasteiger partial charge on any atom is 0.241 e. The Labute approximate surface area is 126 Å². The Hall–Kier alpha value is -1.75. The number of methoxy groups -OCH3 is 1. The maximum atomic E-state index is 12.4. The molecule has 116 valence electrons. The van der Waals surface area contributed by atoms with E-state index in [1.54, 1.807) is 25.3 Å². The highest BCUT2D eigenvalue weighted by Crippen LogP contribution is 2.35. The van der Waals surface area contributed by atoms with Gasteiger partial charge < -0.3 is 15.8 Å². The monoisotopic (exact) mass is 291 g/mol. The molecule has 0 spiro atoms. The first kappa shape index (κ1) is 15.6. The molecule has 0 aromatic heterocycles. The fraction of sp³-hybridized carbons (Fsp3) is 0.562. The van der Waals surface area contributed by atoms with Gasteiger partial charge in [-0.1, -0.05) is 0 Å². The van der Waals surface area contributed by atoms with Crippen molar-refractivity contribution in [3.63, 3.8) is 0 Å². The molecule has 0 saturated heterocycles. The molecule has 0 aliphatic heterocycles. The predicted molar refractivity (Wildman–Crippen MR) is 85.4 cm³/mol. The Kier molecular flexibility index (Phi) is 4.73. The highest BCUT2D eigenvalue weighted by atomic mass is 16.5. The lowest BCUT2D eigenvalue weighted by Crippen LogP contribution is -2.45. The van der Waals surface area contributed by atoms with Gasteiger partial charge in [0, 0.05) is 17.8 Å². The van der Waals surface area contributed by atoms with E-state index in [2.05, 4.69) is 17.1 Å². The Morgan fingerprint density at radius 2 is 2.10 bits per heavy atom. The zero-order valence-corrected chi connectivity index (χ0v) is 13.2. The summed E-state index contributed by atoms with van der Waals surface area (Å²) in [5.74, 6) is 1.28. The second-order valence-electron chi connectivity index (χ2n) is 5.87. The van der Waals surface area contributed by atoms with Gasteiger partial charge in [0.2, 0.25) is 5.91 Å². The second kappa shape index (κ2) is 6.35. The van der Waals surface area contributed by atoms with Crippen molar-refractivity contribution in [1.29, 1.82) is 0 Å². The molecule has 1 saturated carbocycles. The number of nitrogens with zero attached hydrogens (tertiary/aromatic N) is 1. The summed E-state index contributed by atoms with van der Waals surface area (Å²) >= 11 is 0. The van der Waals surface area contributed by atoms with E-state index in [1.165, 1.54) is 12.8 Å². The normalized spacial score (nSPS) is 17.4. The number of anilines is 2. The minimum absolute atomic E-state index is 0.0342. The number of ether oxygens (including phenoxy) is 1. The predicted octanol–water partition coefficient (Wildman–Crippen LogP) is 2.33. The van der Waals surface area contributed by atoms with Crippen molar-refractivity contribution in [3.8, 4) is 5.75 Å². The van der Waals surface area contributed by atoms with Gasteiger partial charge in [0.05, 0.1) is 18.8 Å². The third-order valence-electron chi connectivity index (χ3n) is 4.42. The van der Waals surface area contributed by atoms with Gasteiger partial charge in [-0.15, -0.1) is 0 Å². The Morgan fingerprint density at radius 1 is 1.43 bits per heavy atom. The minimum atomic E-state index is -0.192. The van der Waals surface area contributed by atoms with Crippen molar-refractivity contribution >= 4 is 17.3 Å². The summed E-state index contributed by atoms with van der Waals surface area (Å²) in [4.78, 5) is 14.6. The molecule has 1 fully saturated rings. The molecule has 2 atom stereocenters. The molecule has 1 aromatic carbocycles. The first-order valence-electron chi connectivity index (χ1n) is 7.40. The van der Waals surface area contributed by atoms with Gasteiger partial charge in [0.1, 0.15) is 5.75 Å². The topological polar surface area (TPSA) is 67.6 Å². The molecule has 1 amide bonds. The zero-order valence-electron chi connectivity index (χ0n) is 13.2. The Bertz CT molecular complexity index is 514. The van der Waals surface area contributed by atoms with E-state index in [0.717, 1.165) is 5.92 Å². The molecular weight excluding hydrogens is 266 g/mol. The van der Waals surface area contributed by atoms with E-state index in [4.69, 9.17) is 10.5 Å². The molecule has 0 heterocycles. The summed E-state index contributed by atoms with van der Waals surface area (Å²) in [6.07, 6.45) is 2.54. The highest BCUT2D eigenvalue weighted by molar-refractivity contribution is 5.96. The smallest absolute Gasteiger partial charge is 0.241 e. The zero-order chi connectivity index (χ0) is 15.6. The number of carbonyl (C=O) groups is 1.